The fraction of sp³-hybridized carbons (Fsp3) is 0.300. The third-order valence-corrected chi connectivity index (χ3v) is 6.88. The second-order valence-electron chi connectivity index (χ2n) is 10.7. The van der Waals surface area contributed by atoms with E-state index in [-0.39, 0.29) is 17.2 Å². The number of carbonyl (C=O) groups excluding carboxylic acids is 1. The van der Waals surface area contributed by atoms with Gasteiger partial charge in [-0.15, -0.1) is 0 Å². The minimum Gasteiger partial charge on any atom is -0.488 e. The summed E-state index contributed by atoms with van der Waals surface area (Å²) in [7, 11) is 0. The van der Waals surface area contributed by atoms with Crippen molar-refractivity contribution >= 4 is 16.8 Å². The number of rotatable bonds is 8. The number of benzene rings is 2. The molecule has 5 rings (SSSR count). The summed E-state index contributed by atoms with van der Waals surface area (Å²) in [6.07, 6.45) is -2.27. The van der Waals surface area contributed by atoms with Crippen LogP contribution in [0.5, 0.6) is 5.75 Å². The van der Waals surface area contributed by atoms with Crippen molar-refractivity contribution in [2.24, 2.45) is 0 Å². The summed E-state index contributed by atoms with van der Waals surface area (Å²) in [4.78, 5) is 21.2. The van der Waals surface area contributed by atoms with E-state index in [0.717, 1.165) is 51.0 Å². The molecule has 1 fully saturated rings. The number of amides is 1. The molecule has 1 amide bonds. The highest BCUT2D eigenvalue weighted by Crippen LogP contribution is 2.41. The molecule has 1 aliphatic rings. The van der Waals surface area contributed by atoms with Crippen LogP contribution in [0, 0.1) is 11.6 Å². The van der Waals surface area contributed by atoms with E-state index in [4.69, 9.17) is 4.74 Å². The van der Waals surface area contributed by atoms with Crippen molar-refractivity contribution in [2.45, 2.75) is 50.2 Å². The van der Waals surface area contributed by atoms with Crippen molar-refractivity contribution in [3.05, 3.63) is 89.2 Å². The third-order valence-electron chi connectivity index (χ3n) is 6.88. The standard InChI is InChI=1S/C30H26F5N3O4/c1-28(2,40)21-14-23(38-26(24(21)32)16-5-7-19(31)8-6-16)29(41,30(33,34)35)15-37-27(39)18-12-17-4-3-11-36-25(17)22(13-18)42-20-9-10-20/h3-8,11-14,20,40-41H,9-10,15H2,1-2H3,(H,37,39)/t29-/m0/s1. The van der Waals surface area contributed by atoms with E-state index >= 15 is 4.39 Å². The number of ether oxygens (including phenoxy) is 1. The first-order valence-corrected chi connectivity index (χ1v) is 13.0. The van der Waals surface area contributed by atoms with Gasteiger partial charge in [-0.2, -0.15) is 13.2 Å². The number of aliphatic hydroxyl groups is 2. The van der Waals surface area contributed by atoms with Crippen LogP contribution >= 0.6 is 0 Å². The maximum atomic E-state index is 15.4. The number of fused-ring (bicyclic) bond motifs is 1. The number of nitrogens with zero attached hydrogens (tertiary/aromatic N) is 2. The summed E-state index contributed by atoms with van der Waals surface area (Å²) in [6.45, 7) is 0.897. The number of carbonyl (C=O) groups is 1. The van der Waals surface area contributed by atoms with Crippen LogP contribution in [0.3, 0.4) is 0 Å². The smallest absolute Gasteiger partial charge is 0.424 e. The van der Waals surface area contributed by atoms with Gasteiger partial charge in [-0.3, -0.25) is 9.78 Å². The number of hydrogen-bond acceptors (Lipinski definition) is 6. The molecular formula is C30H26F5N3O4. The summed E-state index contributed by atoms with van der Waals surface area (Å²) in [5, 5.41) is 24.2. The van der Waals surface area contributed by atoms with E-state index in [1.807, 2.05) is 0 Å². The Morgan fingerprint density at radius 3 is 2.36 bits per heavy atom. The zero-order chi connectivity index (χ0) is 30.4. The molecule has 0 radical (unpaired) electrons. The molecule has 0 saturated heterocycles. The van der Waals surface area contributed by atoms with Crippen LogP contribution in [0.15, 0.2) is 60.8 Å². The van der Waals surface area contributed by atoms with Gasteiger partial charge in [0.25, 0.3) is 5.91 Å². The molecule has 2 aromatic carbocycles. The van der Waals surface area contributed by atoms with Crippen molar-refractivity contribution in [3.8, 4) is 17.0 Å². The van der Waals surface area contributed by atoms with Crippen molar-refractivity contribution in [2.75, 3.05) is 6.54 Å². The minimum absolute atomic E-state index is 0.0353. The van der Waals surface area contributed by atoms with Crippen LogP contribution in [-0.2, 0) is 11.2 Å². The zero-order valence-corrected chi connectivity index (χ0v) is 22.5. The molecule has 1 saturated carbocycles. The highest BCUT2D eigenvalue weighted by molar-refractivity contribution is 5.99. The predicted molar refractivity (Wildman–Crippen MR) is 143 cm³/mol. The fourth-order valence-electron chi connectivity index (χ4n) is 4.38. The van der Waals surface area contributed by atoms with E-state index in [0.29, 0.717) is 22.7 Å². The molecule has 0 spiro atoms. The van der Waals surface area contributed by atoms with Gasteiger partial charge in [0.05, 0.1) is 23.9 Å². The van der Waals surface area contributed by atoms with E-state index in [1.165, 1.54) is 12.1 Å². The molecular weight excluding hydrogens is 561 g/mol. The molecule has 0 aliphatic heterocycles. The van der Waals surface area contributed by atoms with Crippen LogP contribution in [0.4, 0.5) is 22.0 Å². The zero-order valence-electron chi connectivity index (χ0n) is 22.5. The molecule has 4 aromatic rings. The van der Waals surface area contributed by atoms with Crippen molar-refractivity contribution in [1.29, 1.82) is 0 Å². The van der Waals surface area contributed by atoms with E-state index in [1.54, 1.807) is 18.3 Å². The first-order valence-electron chi connectivity index (χ1n) is 13.0. The molecule has 2 aromatic heterocycles. The Morgan fingerprint density at radius 1 is 1.05 bits per heavy atom. The average molecular weight is 588 g/mol. The van der Waals surface area contributed by atoms with E-state index in [2.05, 4.69) is 15.3 Å². The minimum atomic E-state index is -5.41. The molecule has 1 aliphatic carbocycles. The van der Waals surface area contributed by atoms with E-state index < -0.39 is 58.4 Å². The summed E-state index contributed by atoms with van der Waals surface area (Å²) >= 11 is 0. The molecule has 1 atom stereocenters. The maximum absolute atomic E-state index is 15.4. The molecule has 12 heteroatoms. The summed E-state index contributed by atoms with van der Waals surface area (Å²) in [5.74, 6) is -2.49. The summed E-state index contributed by atoms with van der Waals surface area (Å²) in [6, 6.07) is 10.8. The lowest BCUT2D eigenvalue weighted by molar-refractivity contribution is -0.265. The van der Waals surface area contributed by atoms with Crippen LogP contribution in [-0.4, -0.2) is 44.9 Å². The summed E-state index contributed by atoms with van der Waals surface area (Å²) in [5.41, 5.74) is -7.77. The predicted octanol–water partition coefficient (Wildman–Crippen LogP) is 5.52. The Morgan fingerprint density at radius 2 is 1.74 bits per heavy atom. The number of alkyl halides is 3. The molecule has 3 N–H and O–H groups in total. The van der Waals surface area contributed by atoms with Gasteiger partial charge in [0.2, 0.25) is 5.60 Å². The lowest BCUT2D eigenvalue weighted by Gasteiger charge is -2.32. The normalized spacial score (nSPS) is 15.4. The van der Waals surface area contributed by atoms with Gasteiger partial charge in [-0.25, -0.2) is 13.8 Å². The Hall–Kier alpha value is -4.16. The van der Waals surface area contributed by atoms with Gasteiger partial charge in [0, 0.05) is 28.3 Å². The van der Waals surface area contributed by atoms with Gasteiger partial charge in [-0.05, 0) is 75.2 Å². The van der Waals surface area contributed by atoms with Gasteiger partial charge in [0.15, 0.2) is 5.82 Å². The summed E-state index contributed by atoms with van der Waals surface area (Å²) < 4.78 is 78.3. The number of hydrogen-bond donors (Lipinski definition) is 3. The lowest BCUT2D eigenvalue weighted by Crippen LogP contribution is -2.51. The third kappa shape index (κ3) is 5.77. The van der Waals surface area contributed by atoms with Crippen LogP contribution in [0.2, 0.25) is 0 Å². The van der Waals surface area contributed by atoms with Gasteiger partial charge < -0.3 is 20.3 Å². The van der Waals surface area contributed by atoms with E-state index in [9.17, 15) is 32.6 Å². The topological polar surface area (TPSA) is 105 Å². The van der Waals surface area contributed by atoms with Crippen molar-refractivity contribution in [3.63, 3.8) is 0 Å². The fourth-order valence-corrected chi connectivity index (χ4v) is 4.38. The molecule has 0 unspecified atom stereocenters. The quantitative estimate of drug-likeness (QED) is 0.235. The number of pyridine rings is 2. The molecule has 220 valence electrons. The maximum Gasteiger partial charge on any atom is 0.424 e. The van der Waals surface area contributed by atoms with Gasteiger partial charge >= 0.3 is 6.18 Å². The van der Waals surface area contributed by atoms with Gasteiger partial charge in [-0.1, -0.05) is 6.07 Å². The van der Waals surface area contributed by atoms with Crippen LogP contribution in [0.25, 0.3) is 22.2 Å². The molecule has 0 bridgehead atoms. The van der Waals surface area contributed by atoms with Crippen molar-refractivity contribution in [1.82, 2.24) is 15.3 Å². The first-order chi connectivity index (χ1) is 19.7. The lowest BCUT2D eigenvalue weighted by atomic mass is 9.90. The largest absolute Gasteiger partial charge is 0.488 e. The SMILES string of the molecule is CC(C)(O)c1cc([C@@](O)(CNC(=O)c2cc(OC3CC3)c3ncccc3c2)C(F)(F)F)nc(-c2ccc(F)cc2)c1F. The number of aromatic nitrogens is 2. The van der Waals surface area contributed by atoms with Gasteiger partial charge in [0.1, 0.15) is 22.8 Å². The molecule has 2 heterocycles. The molecule has 42 heavy (non-hydrogen) atoms. The number of halogens is 5. The van der Waals surface area contributed by atoms with Crippen LogP contribution < -0.4 is 10.1 Å². The number of nitrogens with one attached hydrogen (secondary N) is 1. The second-order valence-corrected chi connectivity index (χ2v) is 10.7. The Kier molecular flexibility index (Phi) is 7.40. The Bertz CT molecular complexity index is 1650. The molecule has 7 nitrogen and oxygen atoms in total. The van der Waals surface area contributed by atoms with Crippen LogP contribution in [0.1, 0.15) is 48.3 Å². The monoisotopic (exact) mass is 587 g/mol. The Labute approximate surface area is 237 Å². The second kappa shape index (κ2) is 10.6. The van der Waals surface area contributed by atoms with Crippen molar-refractivity contribution < 1.29 is 41.7 Å². The highest BCUT2D eigenvalue weighted by Gasteiger charge is 2.57. The average Bonchev–Trinajstić information content (AvgIpc) is 3.75. The Balaban J connectivity index is 1.54. The highest BCUT2D eigenvalue weighted by atomic mass is 19.4. The first kappa shape index (κ1) is 29.3.